The molecule has 0 aromatic heterocycles. The molecule has 21 heavy (non-hydrogen) atoms. The lowest BCUT2D eigenvalue weighted by Gasteiger charge is -2.15. The van der Waals surface area contributed by atoms with Crippen molar-refractivity contribution in [3.05, 3.63) is 11.1 Å². The largest absolute Gasteiger partial charge is 0.461 e. The number of hydrogen-bond acceptors (Lipinski definition) is 3. The summed E-state index contributed by atoms with van der Waals surface area (Å²) in [6.07, 6.45) is 11.0. The maximum absolute atomic E-state index is 12.3. The van der Waals surface area contributed by atoms with Gasteiger partial charge in [0.05, 0.1) is 0 Å². The van der Waals surface area contributed by atoms with Crippen molar-refractivity contribution in [2.24, 2.45) is 5.73 Å². The molecule has 0 fully saturated rings. The smallest absolute Gasteiger partial charge is 0.333 e. The van der Waals surface area contributed by atoms with Crippen LogP contribution in [0.15, 0.2) is 11.1 Å². The van der Waals surface area contributed by atoms with Crippen LogP contribution < -0.4 is 5.73 Å². The van der Waals surface area contributed by atoms with Crippen LogP contribution in [-0.4, -0.2) is 19.1 Å². The Morgan fingerprint density at radius 3 is 1.90 bits per heavy atom. The van der Waals surface area contributed by atoms with Crippen molar-refractivity contribution in [2.75, 3.05) is 13.2 Å². The predicted octanol–water partition coefficient (Wildman–Crippen LogP) is 4.75. The molecular weight excluding hydrogens is 262 g/mol. The first-order chi connectivity index (χ1) is 10.2. The summed E-state index contributed by atoms with van der Waals surface area (Å²) in [6, 6.07) is 0. The molecule has 0 saturated carbocycles. The highest BCUT2D eigenvalue weighted by Gasteiger charge is 2.16. The number of rotatable bonds is 13. The van der Waals surface area contributed by atoms with Crippen molar-refractivity contribution in [2.45, 2.75) is 85.0 Å². The maximum Gasteiger partial charge on any atom is 0.333 e. The highest BCUT2D eigenvalue weighted by molar-refractivity contribution is 5.89. The van der Waals surface area contributed by atoms with Gasteiger partial charge in [0.2, 0.25) is 0 Å². The van der Waals surface area contributed by atoms with Crippen molar-refractivity contribution in [1.29, 1.82) is 0 Å². The summed E-state index contributed by atoms with van der Waals surface area (Å²) in [6.45, 7) is 7.30. The van der Waals surface area contributed by atoms with Gasteiger partial charge in [-0.05, 0) is 38.5 Å². The van der Waals surface area contributed by atoms with Crippen LogP contribution in [0.1, 0.15) is 85.0 Å². The lowest BCUT2D eigenvalue weighted by Crippen LogP contribution is -2.16. The second-order valence-corrected chi connectivity index (χ2v) is 5.67. The van der Waals surface area contributed by atoms with E-state index in [2.05, 4.69) is 20.8 Å². The summed E-state index contributed by atoms with van der Waals surface area (Å²) < 4.78 is 5.30. The van der Waals surface area contributed by atoms with Crippen LogP contribution in [-0.2, 0) is 9.53 Å². The Balaban J connectivity index is 4.97. The number of hydrogen-bond donors (Lipinski definition) is 1. The highest BCUT2D eigenvalue weighted by Crippen LogP contribution is 2.24. The van der Waals surface area contributed by atoms with Crippen LogP contribution in [0, 0.1) is 0 Å². The van der Waals surface area contributed by atoms with Gasteiger partial charge in [0.15, 0.2) is 0 Å². The van der Waals surface area contributed by atoms with Gasteiger partial charge in [-0.25, -0.2) is 4.79 Å². The topological polar surface area (TPSA) is 52.3 Å². The molecule has 3 nitrogen and oxygen atoms in total. The van der Waals surface area contributed by atoms with Crippen LogP contribution in [0.3, 0.4) is 0 Å². The van der Waals surface area contributed by atoms with E-state index in [1.807, 2.05) is 0 Å². The lowest BCUT2D eigenvalue weighted by molar-refractivity contribution is -0.139. The van der Waals surface area contributed by atoms with Gasteiger partial charge >= 0.3 is 5.97 Å². The van der Waals surface area contributed by atoms with Crippen LogP contribution in [0.25, 0.3) is 0 Å². The zero-order valence-corrected chi connectivity index (χ0v) is 14.4. The van der Waals surface area contributed by atoms with Crippen LogP contribution in [0.4, 0.5) is 0 Å². The van der Waals surface area contributed by atoms with Gasteiger partial charge in [0, 0.05) is 12.1 Å². The average molecular weight is 297 g/mol. The van der Waals surface area contributed by atoms with E-state index >= 15 is 0 Å². The van der Waals surface area contributed by atoms with Crippen LogP contribution >= 0.6 is 0 Å². The Hall–Kier alpha value is -0.830. The monoisotopic (exact) mass is 297 g/mol. The minimum absolute atomic E-state index is 0.126. The molecule has 0 aliphatic carbocycles. The van der Waals surface area contributed by atoms with E-state index in [0.29, 0.717) is 13.2 Å². The summed E-state index contributed by atoms with van der Waals surface area (Å²) in [5.41, 5.74) is 7.72. The standard InChI is InChI=1S/C18H35NO2/c1-4-7-10-13-17(18(20)21-15-14-19)16(11-8-5-2)12-9-6-3/h4-15,19H2,1-3H3. The third-order valence-electron chi connectivity index (χ3n) is 3.72. The quantitative estimate of drug-likeness (QED) is 0.303. The SMILES string of the molecule is CCCCCC(C(=O)OCCN)=C(CCCC)CCCC. The van der Waals surface area contributed by atoms with Crippen molar-refractivity contribution < 1.29 is 9.53 Å². The van der Waals surface area contributed by atoms with Gasteiger partial charge in [-0.3, -0.25) is 0 Å². The van der Waals surface area contributed by atoms with Crippen molar-refractivity contribution in [1.82, 2.24) is 0 Å². The summed E-state index contributed by atoms with van der Waals surface area (Å²) in [5.74, 6) is -0.126. The molecule has 0 heterocycles. The van der Waals surface area contributed by atoms with Crippen molar-refractivity contribution >= 4 is 5.97 Å². The Kier molecular flexibility index (Phi) is 13.6. The van der Waals surface area contributed by atoms with E-state index in [-0.39, 0.29) is 5.97 Å². The molecule has 0 aromatic rings. The van der Waals surface area contributed by atoms with Gasteiger partial charge in [-0.15, -0.1) is 0 Å². The minimum Gasteiger partial charge on any atom is -0.461 e. The minimum atomic E-state index is -0.126. The van der Waals surface area contributed by atoms with Crippen molar-refractivity contribution in [3.8, 4) is 0 Å². The van der Waals surface area contributed by atoms with Gasteiger partial charge in [-0.2, -0.15) is 0 Å². The molecule has 124 valence electrons. The van der Waals surface area contributed by atoms with Gasteiger partial charge < -0.3 is 10.5 Å². The third-order valence-corrected chi connectivity index (χ3v) is 3.72. The lowest BCUT2D eigenvalue weighted by atomic mass is 9.94. The third kappa shape index (κ3) is 9.67. The summed E-state index contributed by atoms with van der Waals surface area (Å²) in [7, 11) is 0. The molecule has 0 unspecified atom stereocenters. The molecule has 0 saturated heterocycles. The molecular formula is C18H35NO2. The second-order valence-electron chi connectivity index (χ2n) is 5.67. The molecule has 0 aliphatic heterocycles. The molecule has 0 atom stereocenters. The second kappa shape index (κ2) is 14.1. The fourth-order valence-electron chi connectivity index (χ4n) is 2.42. The maximum atomic E-state index is 12.3. The average Bonchev–Trinajstić information content (AvgIpc) is 2.50. The first kappa shape index (κ1) is 20.2. The van der Waals surface area contributed by atoms with Crippen LogP contribution in [0.2, 0.25) is 0 Å². The Morgan fingerprint density at radius 1 is 0.857 bits per heavy atom. The van der Waals surface area contributed by atoms with Gasteiger partial charge in [0.25, 0.3) is 0 Å². The number of allylic oxidation sites excluding steroid dienone is 1. The number of nitrogens with two attached hydrogens (primary N) is 1. The predicted molar refractivity (Wildman–Crippen MR) is 90.2 cm³/mol. The van der Waals surface area contributed by atoms with E-state index in [1.165, 1.54) is 18.4 Å². The van der Waals surface area contributed by atoms with E-state index in [4.69, 9.17) is 10.5 Å². The number of carbonyl (C=O) groups excluding carboxylic acids is 1. The molecule has 0 aromatic carbocycles. The molecule has 2 N–H and O–H groups in total. The molecule has 0 rings (SSSR count). The summed E-state index contributed by atoms with van der Waals surface area (Å²) >= 11 is 0. The summed E-state index contributed by atoms with van der Waals surface area (Å²) in [5, 5.41) is 0. The molecule has 0 amide bonds. The van der Waals surface area contributed by atoms with E-state index in [0.717, 1.165) is 56.9 Å². The zero-order chi connectivity index (χ0) is 15.9. The van der Waals surface area contributed by atoms with E-state index < -0.39 is 0 Å². The Morgan fingerprint density at radius 2 is 1.43 bits per heavy atom. The zero-order valence-electron chi connectivity index (χ0n) is 14.4. The highest BCUT2D eigenvalue weighted by atomic mass is 16.5. The van der Waals surface area contributed by atoms with Gasteiger partial charge in [0.1, 0.15) is 6.61 Å². The van der Waals surface area contributed by atoms with Crippen molar-refractivity contribution in [3.63, 3.8) is 0 Å². The molecule has 0 aliphatic rings. The molecule has 3 heteroatoms. The van der Waals surface area contributed by atoms with E-state index in [9.17, 15) is 4.79 Å². The van der Waals surface area contributed by atoms with E-state index in [1.54, 1.807) is 0 Å². The number of esters is 1. The first-order valence-electron chi connectivity index (χ1n) is 8.79. The number of carbonyl (C=O) groups is 1. The first-order valence-corrected chi connectivity index (χ1v) is 8.79. The molecule has 0 bridgehead atoms. The normalized spacial score (nSPS) is 10.5. The number of ether oxygens (including phenoxy) is 1. The Labute approximate surface area is 131 Å². The fraction of sp³-hybridized carbons (Fsp3) is 0.833. The Bertz CT molecular complexity index is 288. The summed E-state index contributed by atoms with van der Waals surface area (Å²) in [4.78, 5) is 12.3. The number of unbranched alkanes of at least 4 members (excludes halogenated alkanes) is 4. The van der Waals surface area contributed by atoms with Crippen LogP contribution in [0.5, 0.6) is 0 Å². The fourth-order valence-corrected chi connectivity index (χ4v) is 2.42. The van der Waals surface area contributed by atoms with Gasteiger partial charge in [-0.1, -0.05) is 52.0 Å². The molecule has 0 spiro atoms. The molecule has 0 radical (unpaired) electrons.